The Balaban J connectivity index is 1.92. The van der Waals surface area contributed by atoms with Crippen LogP contribution in [0.4, 0.5) is 5.69 Å². The SMILES string of the molecule is O=C(N/N=C/c1cccc(O)c1)C(=O)Nc1ccc(Cl)c(Cl)c1. The van der Waals surface area contributed by atoms with E-state index in [0.29, 0.717) is 16.3 Å². The number of phenolic OH excluding ortho intramolecular Hbond substituents is 1. The van der Waals surface area contributed by atoms with E-state index >= 15 is 0 Å². The largest absolute Gasteiger partial charge is 0.508 e. The van der Waals surface area contributed by atoms with Gasteiger partial charge in [-0.2, -0.15) is 5.10 Å². The minimum Gasteiger partial charge on any atom is -0.508 e. The Bertz CT molecular complexity index is 778. The lowest BCUT2D eigenvalue weighted by molar-refractivity contribution is -0.136. The number of nitrogens with zero attached hydrogens (tertiary/aromatic N) is 1. The van der Waals surface area contributed by atoms with Gasteiger partial charge in [0.15, 0.2) is 0 Å². The van der Waals surface area contributed by atoms with Crippen LogP contribution in [0.5, 0.6) is 5.75 Å². The summed E-state index contributed by atoms with van der Waals surface area (Å²) in [5, 5.41) is 15.9. The molecule has 2 aromatic rings. The van der Waals surface area contributed by atoms with Crippen molar-refractivity contribution in [2.24, 2.45) is 5.10 Å². The van der Waals surface area contributed by atoms with Crippen molar-refractivity contribution in [3.05, 3.63) is 58.1 Å². The number of carbonyl (C=O) groups is 2. The number of amides is 2. The third-order valence-electron chi connectivity index (χ3n) is 2.63. The summed E-state index contributed by atoms with van der Waals surface area (Å²) in [6.07, 6.45) is 1.30. The molecule has 2 rings (SSSR count). The molecule has 23 heavy (non-hydrogen) atoms. The minimum absolute atomic E-state index is 0.0673. The van der Waals surface area contributed by atoms with Gasteiger partial charge in [0.05, 0.1) is 16.3 Å². The fraction of sp³-hybridized carbons (Fsp3) is 0. The lowest BCUT2D eigenvalue weighted by Crippen LogP contribution is -2.32. The van der Waals surface area contributed by atoms with E-state index in [1.54, 1.807) is 12.1 Å². The normalized spacial score (nSPS) is 10.5. The molecule has 0 spiro atoms. The van der Waals surface area contributed by atoms with Gasteiger partial charge in [-0.3, -0.25) is 9.59 Å². The number of nitrogens with one attached hydrogen (secondary N) is 2. The van der Waals surface area contributed by atoms with E-state index in [0.717, 1.165) is 0 Å². The average Bonchev–Trinajstić information content (AvgIpc) is 2.51. The second kappa shape index (κ2) is 7.62. The Morgan fingerprint density at radius 3 is 2.52 bits per heavy atom. The van der Waals surface area contributed by atoms with Crippen molar-refractivity contribution >= 4 is 46.9 Å². The molecule has 0 aliphatic rings. The number of carbonyl (C=O) groups excluding carboxylic acids is 2. The smallest absolute Gasteiger partial charge is 0.329 e. The lowest BCUT2D eigenvalue weighted by atomic mass is 10.2. The van der Waals surface area contributed by atoms with Crippen molar-refractivity contribution in [2.75, 3.05) is 5.32 Å². The van der Waals surface area contributed by atoms with Crippen molar-refractivity contribution in [3.8, 4) is 5.75 Å². The maximum atomic E-state index is 11.7. The number of phenols is 1. The average molecular weight is 352 g/mol. The first-order valence-corrected chi connectivity index (χ1v) is 7.10. The van der Waals surface area contributed by atoms with E-state index < -0.39 is 11.8 Å². The third kappa shape index (κ3) is 4.98. The molecule has 0 fully saturated rings. The summed E-state index contributed by atoms with van der Waals surface area (Å²) in [6, 6.07) is 10.7. The van der Waals surface area contributed by atoms with Crippen LogP contribution >= 0.6 is 23.2 Å². The Kier molecular flexibility index (Phi) is 5.56. The van der Waals surface area contributed by atoms with Gasteiger partial charge in [0, 0.05) is 5.69 Å². The molecular formula is C15H11Cl2N3O3. The molecule has 0 saturated heterocycles. The monoisotopic (exact) mass is 351 g/mol. The first kappa shape index (κ1) is 16.8. The van der Waals surface area contributed by atoms with Crippen LogP contribution in [0.15, 0.2) is 47.6 Å². The van der Waals surface area contributed by atoms with Crippen molar-refractivity contribution in [2.45, 2.75) is 0 Å². The molecule has 0 saturated carbocycles. The molecule has 0 bridgehead atoms. The first-order chi connectivity index (χ1) is 11.0. The number of anilines is 1. The zero-order valence-electron chi connectivity index (χ0n) is 11.6. The van der Waals surface area contributed by atoms with E-state index in [4.69, 9.17) is 23.2 Å². The van der Waals surface area contributed by atoms with Crippen LogP contribution in [-0.4, -0.2) is 23.1 Å². The molecule has 8 heteroatoms. The standard InChI is InChI=1S/C15H11Cl2N3O3/c16-12-5-4-10(7-13(12)17)19-14(22)15(23)20-18-8-9-2-1-3-11(21)6-9/h1-8,21H,(H,19,22)(H,20,23)/b18-8+. The van der Waals surface area contributed by atoms with Crippen LogP contribution in [-0.2, 0) is 9.59 Å². The molecule has 2 aromatic carbocycles. The summed E-state index contributed by atoms with van der Waals surface area (Å²) < 4.78 is 0. The Morgan fingerprint density at radius 1 is 1.04 bits per heavy atom. The molecule has 0 atom stereocenters. The predicted molar refractivity (Wildman–Crippen MR) is 88.9 cm³/mol. The van der Waals surface area contributed by atoms with E-state index in [-0.39, 0.29) is 10.8 Å². The van der Waals surface area contributed by atoms with Gasteiger partial charge < -0.3 is 10.4 Å². The summed E-state index contributed by atoms with van der Waals surface area (Å²) >= 11 is 11.6. The first-order valence-electron chi connectivity index (χ1n) is 6.34. The van der Waals surface area contributed by atoms with Crippen molar-refractivity contribution in [1.82, 2.24) is 5.43 Å². The number of halogens is 2. The van der Waals surface area contributed by atoms with Gasteiger partial charge in [-0.15, -0.1) is 0 Å². The van der Waals surface area contributed by atoms with Gasteiger partial charge in [-0.05, 0) is 35.9 Å². The highest BCUT2D eigenvalue weighted by Crippen LogP contribution is 2.24. The summed E-state index contributed by atoms with van der Waals surface area (Å²) in [5.74, 6) is -1.79. The van der Waals surface area contributed by atoms with Crippen molar-refractivity contribution < 1.29 is 14.7 Å². The molecular weight excluding hydrogens is 341 g/mol. The topological polar surface area (TPSA) is 90.8 Å². The maximum absolute atomic E-state index is 11.7. The highest BCUT2D eigenvalue weighted by molar-refractivity contribution is 6.42. The molecule has 3 N–H and O–H groups in total. The van der Waals surface area contributed by atoms with Crippen LogP contribution in [0.1, 0.15) is 5.56 Å². The van der Waals surface area contributed by atoms with Gasteiger partial charge in [0.1, 0.15) is 5.75 Å². The zero-order chi connectivity index (χ0) is 16.8. The van der Waals surface area contributed by atoms with E-state index in [1.165, 1.54) is 36.5 Å². The molecule has 0 aromatic heterocycles. The predicted octanol–water partition coefficient (Wildman–Crippen LogP) is 2.79. The second-order valence-electron chi connectivity index (χ2n) is 4.38. The second-order valence-corrected chi connectivity index (χ2v) is 5.19. The molecule has 0 aliphatic carbocycles. The van der Waals surface area contributed by atoms with Gasteiger partial charge in [0.25, 0.3) is 0 Å². The van der Waals surface area contributed by atoms with Gasteiger partial charge in [-0.25, -0.2) is 5.43 Å². The molecule has 0 unspecified atom stereocenters. The van der Waals surface area contributed by atoms with Crippen molar-refractivity contribution in [3.63, 3.8) is 0 Å². The summed E-state index contributed by atoms with van der Waals surface area (Å²) in [5.41, 5.74) is 2.97. The van der Waals surface area contributed by atoms with Crippen LogP contribution in [0.2, 0.25) is 10.0 Å². The Hall–Kier alpha value is -2.57. The van der Waals surface area contributed by atoms with Crippen LogP contribution < -0.4 is 10.7 Å². The molecule has 0 heterocycles. The van der Waals surface area contributed by atoms with Crippen LogP contribution in [0.3, 0.4) is 0 Å². The lowest BCUT2D eigenvalue weighted by Gasteiger charge is -2.05. The highest BCUT2D eigenvalue weighted by Gasteiger charge is 2.13. The highest BCUT2D eigenvalue weighted by atomic mass is 35.5. The van der Waals surface area contributed by atoms with E-state index in [1.807, 2.05) is 0 Å². The van der Waals surface area contributed by atoms with Crippen molar-refractivity contribution in [1.29, 1.82) is 0 Å². The molecule has 6 nitrogen and oxygen atoms in total. The zero-order valence-corrected chi connectivity index (χ0v) is 13.1. The number of aromatic hydroxyl groups is 1. The van der Waals surface area contributed by atoms with E-state index in [9.17, 15) is 14.7 Å². The maximum Gasteiger partial charge on any atom is 0.329 e. The Morgan fingerprint density at radius 2 is 1.83 bits per heavy atom. The quantitative estimate of drug-likeness (QED) is 0.451. The fourth-order valence-electron chi connectivity index (χ4n) is 1.58. The summed E-state index contributed by atoms with van der Waals surface area (Å²) in [4.78, 5) is 23.3. The summed E-state index contributed by atoms with van der Waals surface area (Å²) in [6.45, 7) is 0. The molecule has 0 radical (unpaired) electrons. The molecule has 0 aliphatic heterocycles. The van der Waals surface area contributed by atoms with Gasteiger partial charge in [0.2, 0.25) is 0 Å². The van der Waals surface area contributed by atoms with Gasteiger partial charge >= 0.3 is 11.8 Å². The molecule has 2 amide bonds. The number of hydrazone groups is 1. The van der Waals surface area contributed by atoms with Gasteiger partial charge in [-0.1, -0.05) is 35.3 Å². The molecule has 118 valence electrons. The van der Waals surface area contributed by atoms with Crippen LogP contribution in [0.25, 0.3) is 0 Å². The van der Waals surface area contributed by atoms with E-state index in [2.05, 4.69) is 15.8 Å². The minimum atomic E-state index is -0.951. The number of hydrogen-bond donors (Lipinski definition) is 3. The number of benzene rings is 2. The fourth-order valence-corrected chi connectivity index (χ4v) is 1.88. The summed E-state index contributed by atoms with van der Waals surface area (Å²) in [7, 11) is 0. The Labute approximate surface area is 141 Å². The van der Waals surface area contributed by atoms with Crippen LogP contribution in [0, 0.1) is 0 Å². The number of hydrogen-bond acceptors (Lipinski definition) is 4. The third-order valence-corrected chi connectivity index (χ3v) is 3.37. The number of rotatable bonds is 3.